The SMILES string of the molecule is Cc1cnc(Cc2ccc(N)cc2)c([N+](=O)[O-])c1. The number of nitrogens with two attached hydrogens (primary N) is 1. The van der Waals surface area contributed by atoms with Crippen LogP contribution in [-0.4, -0.2) is 9.91 Å². The average molecular weight is 243 g/mol. The summed E-state index contributed by atoms with van der Waals surface area (Å²) < 4.78 is 0. The Morgan fingerprint density at radius 3 is 2.61 bits per heavy atom. The topological polar surface area (TPSA) is 82.0 Å². The molecular weight excluding hydrogens is 230 g/mol. The normalized spacial score (nSPS) is 10.3. The molecular formula is C13H13N3O2. The Hall–Kier alpha value is -2.43. The minimum Gasteiger partial charge on any atom is -0.399 e. The highest BCUT2D eigenvalue weighted by Gasteiger charge is 2.15. The first-order valence-corrected chi connectivity index (χ1v) is 5.50. The number of pyridine rings is 1. The smallest absolute Gasteiger partial charge is 0.291 e. The molecule has 0 unspecified atom stereocenters. The van der Waals surface area contributed by atoms with Crippen molar-refractivity contribution in [2.24, 2.45) is 0 Å². The van der Waals surface area contributed by atoms with E-state index in [4.69, 9.17) is 5.73 Å². The third-order valence-electron chi connectivity index (χ3n) is 2.63. The average Bonchev–Trinajstić information content (AvgIpc) is 2.34. The van der Waals surface area contributed by atoms with Crippen LogP contribution in [0.2, 0.25) is 0 Å². The molecule has 1 aromatic heterocycles. The summed E-state index contributed by atoms with van der Waals surface area (Å²) in [6, 6.07) is 8.78. The summed E-state index contributed by atoms with van der Waals surface area (Å²) in [4.78, 5) is 14.7. The maximum atomic E-state index is 11.0. The number of hydrogen-bond acceptors (Lipinski definition) is 4. The summed E-state index contributed by atoms with van der Waals surface area (Å²) in [7, 11) is 0. The standard InChI is InChI=1S/C13H13N3O2/c1-9-6-13(16(17)18)12(15-8-9)7-10-2-4-11(14)5-3-10/h2-6,8H,7,14H2,1H3. The van der Waals surface area contributed by atoms with E-state index in [-0.39, 0.29) is 5.69 Å². The van der Waals surface area contributed by atoms with Gasteiger partial charge in [0.25, 0.3) is 5.69 Å². The lowest BCUT2D eigenvalue weighted by atomic mass is 10.1. The number of nitro groups is 1. The van der Waals surface area contributed by atoms with E-state index in [1.165, 1.54) is 0 Å². The van der Waals surface area contributed by atoms with E-state index in [1.54, 1.807) is 31.3 Å². The summed E-state index contributed by atoms with van der Waals surface area (Å²) in [5.74, 6) is 0. The predicted octanol–water partition coefficient (Wildman–Crippen LogP) is 2.47. The van der Waals surface area contributed by atoms with Gasteiger partial charge >= 0.3 is 0 Å². The Morgan fingerprint density at radius 2 is 2.00 bits per heavy atom. The lowest BCUT2D eigenvalue weighted by Crippen LogP contribution is -2.00. The first kappa shape index (κ1) is 12.0. The van der Waals surface area contributed by atoms with E-state index in [0.29, 0.717) is 17.8 Å². The highest BCUT2D eigenvalue weighted by Crippen LogP contribution is 2.21. The number of aryl methyl sites for hydroxylation is 1. The van der Waals surface area contributed by atoms with Gasteiger partial charge in [-0.25, -0.2) is 0 Å². The Bertz CT molecular complexity index is 579. The largest absolute Gasteiger partial charge is 0.399 e. The van der Waals surface area contributed by atoms with Crippen LogP contribution in [0.25, 0.3) is 0 Å². The first-order valence-electron chi connectivity index (χ1n) is 5.50. The maximum absolute atomic E-state index is 11.0. The summed E-state index contributed by atoms with van der Waals surface area (Å²) >= 11 is 0. The van der Waals surface area contributed by atoms with Gasteiger partial charge in [0.05, 0.1) is 4.92 Å². The summed E-state index contributed by atoms with van der Waals surface area (Å²) in [6.45, 7) is 1.78. The second-order valence-electron chi connectivity index (χ2n) is 4.15. The molecule has 1 heterocycles. The van der Waals surface area contributed by atoms with Gasteiger partial charge in [0.2, 0.25) is 0 Å². The highest BCUT2D eigenvalue weighted by atomic mass is 16.6. The van der Waals surface area contributed by atoms with Crippen LogP contribution >= 0.6 is 0 Å². The van der Waals surface area contributed by atoms with Gasteiger partial charge in [0.15, 0.2) is 0 Å². The van der Waals surface area contributed by atoms with Crippen LogP contribution in [0.3, 0.4) is 0 Å². The van der Waals surface area contributed by atoms with Crippen molar-refractivity contribution >= 4 is 11.4 Å². The fourth-order valence-corrected chi connectivity index (χ4v) is 1.71. The lowest BCUT2D eigenvalue weighted by Gasteiger charge is -2.04. The van der Waals surface area contributed by atoms with Crippen LogP contribution < -0.4 is 5.73 Å². The molecule has 92 valence electrons. The zero-order valence-electron chi connectivity index (χ0n) is 9.96. The molecule has 2 rings (SSSR count). The fourth-order valence-electron chi connectivity index (χ4n) is 1.71. The van der Waals surface area contributed by atoms with Gasteiger partial charge in [0.1, 0.15) is 5.69 Å². The minimum atomic E-state index is -0.396. The third-order valence-corrected chi connectivity index (χ3v) is 2.63. The molecule has 0 spiro atoms. The van der Waals surface area contributed by atoms with Crippen LogP contribution in [-0.2, 0) is 6.42 Å². The molecule has 0 radical (unpaired) electrons. The maximum Gasteiger partial charge on any atom is 0.291 e. The summed E-state index contributed by atoms with van der Waals surface area (Å²) in [5.41, 5.74) is 8.52. The van der Waals surface area contributed by atoms with Crippen molar-refractivity contribution in [1.29, 1.82) is 0 Å². The number of nitrogen functional groups attached to an aromatic ring is 1. The molecule has 0 aliphatic heterocycles. The van der Waals surface area contributed by atoms with Crippen molar-refractivity contribution in [1.82, 2.24) is 4.98 Å². The molecule has 1 aromatic carbocycles. The molecule has 0 saturated heterocycles. The van der Waals surface area contributed by atoms with E-state index in [0.717, 1.165) is 11.1 Å². The molecule has 5 nitrogen and oxygen atoms in total. The Morgan fingerprint density at radius 1 is 1.33 bits per heavy atom. The monoisotopic (exact) mass is 243 g/mol. The molecule has 0 bridgehead atoms. The molecule has 2 N–H and O–H groups in total. The van der Waals surface area contributed by atoms with Crippen molar-refractivity contribution in [3.8, 4) is 0 Å². The van der Waals surface area contributed by atoms with E-state index in [9.17, 15) is 10.1 Å². The van der Waals surface area contributed by atoms with E-state index in [1.807, 2.05) is 12.1 Å². The van der Waals surface area contributed by atoms with Gasteiger partial charge in [-0.1, -0.05) is 12.1 Å². The number of rotatable bonds is 3. The molecule has 0 aliphatic carbocycles. The third kappa shape index (κ3) is 2.63. The number of nitrogens with zero attached hydrogens (tertiary/aromatic N) is 2. The lowest BCUT2D eigenvalue weighted by molar-refractivity contribution is -0.385. The van der Waals surface area contributed by atoms with Crippen molar-refractivity contribution in [3.05, 3.63) is 63.5 Å². The van der Waals surface area contributed by atoms with Crippen LogP contribution in [0, 0.1) is 17.0 Å². The van der Waals surface area contributed by atoms with Gasteiger partial charge in [-0.3, -0.25) is 15.1 Å². The van der Waals surface area contributed by atoms with Crippen molar-refractivity contribution < 1.29 is 4.92 Å². The quantitative estimate of drug-likeness (QED) is 0.510. The van der Waals surface area contributed by atoms with Crippen molar-refractivity contribution in [2.45, 2.75) is 13.3 Å². The number of hydrogen-bond donors (Lipinski definition) is 1. The zero-order chi connectivity index (χ0) is 13.1. The van der Waals surface area contributed by atoms with E-state index in [2.05, 4.69) is 4.98 Å². The van der Waals surface area contributed by atoms with Crippen molar-refractivity contribution in [3.63, 3.8) is 0 Å². The summed E-state index contributed by atoms with van der Waals surface area (Å²) in [6.07, 6.45) is 2.07. The minimum absolute atomic E-state index is 0.0619. The zero-order valence-corrected chi connectivity index (χ0v) is 9.96. The van der Waals surface area contributed by atoms with Gasteiger partial charge in [-0.15, -0.1) is 0 Å². The predicted molar refractivity (Wildman–Crippen MR) is 69.3 cm³/mol. The molecule has 0 fully saturated rings. The van der Waals surface area contributed by atoms with Crippen LogP contribution in [0.4, 0.5) is 11.4 Å². The number of aromatic nitrogens is 1. The fraction of sp³-hybridized carbons (Fsp3) is 0.154. The molecule has 0 saturated carbocycles. The Kier molecular flexibility index (Phi) is 3.23. The number of benzene rings is 1. The molecule has 18 heavy (non-hydrogen) atoms. The molecule has 5 heteroatoms. The van der Waals surface area contributed by atoms with E-state index >= 15 is 0 Å². The van der Waals surface area contributed by atoms with Gasteiger partial charge in [-0.2, -0.15) is 0 Å². The van der Waals surface area contributed by atoms with Crippen LogP contribution in [0.1, 0.15) is 16.8 Å². The van der Waals surface area contributed by atoms with Gasteiger partial charge < -0.3 is 5.73 Å². The second-order valence-corrected chi connectivity index (χ2v) is 4.15. The van der Waals surface area contributed by atoms with Gasteiger partial charge in [-0.05, 0) is 30.2 Å². The first-order chi connectivity index (χ1) is 8.56. The van der Waals surface area contributed by atoms with Gasteiger partial charge in [0, 0.05) is 24.4 Å². The second kappa shape index (κ2) is 4.83. The molecule has 0 amide bonds. The van der Waals surface area contributed by atoms with Crippen LogP contribution in [0.5, 0.6) is 0 Å². The highest BCUT2D eigenvalue weighted by molar-refractivity contribution is 5.43. The van der Waals surface area contributed by atoms with Crippen molar-refractivity contribution in [2.75, 3.05) is 5.73 Å². The Labute approximate surface area is 104 Å². The van der Waals surface area contributed by atoms with E-state index < -0.39 is 4.92 Å². The number of anilines is 1. The molecule has 0 atom stereocenters. The molecule has 2 aromatic rings. The molecule has 0 aliphatic rings. The van der Waals surface area contributed by atoms with Crippen LogP contribution in [0.15, 0.2) is 36.5 Å². The Balaban J connectivity index is 2.34. The summed E-state index contributed by atoms with van der Waals surface area (Å²) in [5, 5.41) is 11.0.